The van der Waals surface area contributed by atoms with Crippen LogP contribution < -0.4 is 5.32 Å². The molecule has 1 N–H and O–H groups in total. The average Bonchev–Trinajstić information content (AvgIpc) is 2.38. The molecule has 1 aliphatic heterocycles. The number of hydrogen-bond donors (Lipinski definition) is 1. The van der Waals surface area contributed by atoms with Crippen molar-refractivity contribution < 1.29 is 9.59 Å². The van der Waals surface area contributed by atoms with Gasteiger partial charge >= 0.3 is 0 Å². The lowest BCUT2D eigenvalue weighted by molar-refractivity contribution is -0.138. The van der Waals surface area contributed by atoms with Crippen LogP contribution in [-0.2, 0) is 9.59 Å². The molecule has 0 aromatic rings. The fourth-order valence-electron chi connectivity index (χ4n) is 4.30. The summed E-state index contributed by atoms with van der Waals surface area (Å²) < 4.78 is 0. The van der Waals surface area contributed by atoms with E-state index in [-0.39, 0.29) is 23.7 Å². The molecule has 1 amide bonds. The van der Waals surface area contributed by atoms with Gasteiger partial charge in [0.1, 0.15) is 5.78 Å². The predicted molar refractivity (Wildman–Crippen MR) is 77.2 cm³/mol. The third-order valence-corrected chi connectivity index (χ3v) is 5.39. The van der Waals surface area contributed by atoms with Crippen LogP contribution in [0.15, 0.2) is 0 Å². The number of likely N-dealkylation sites (tertiary alicyclic amines) is 1. The fourth-order valence-corrected chi connectivity index (χ4v) is 4.30. The summed E-state index contributed by atoms with van der Waals surface area (Å²) in [5, 5.41) is 3.23. The molecule has 3 rings (SSSR count). The zero-order chi connectivity index (χ0) is 14.1. The maximum absolute atomic E-state index is 12.5. The highest BCUT2D eigenvalue weighted by molar-refractivity contribution is 5.88. The highest BCUT2D eigenvalue weighted by Crippen LogP contribution is 2.40. The molecule has 20 heavy (non-hydrogen) atoms. The highest BCUT2D eigenvalue weighted by atomic mass is 16.2. The number of fused-ring (bicyclic) bond motifs is 2. The van der Waals surface area contributed by atoms with E-state index < -0.39 is 0 Å². The number of Topliss-reactive ketones (excluding diaryl/α,β-unsaturated/α-hetero) is 1. The van der Waals surface area contributed by atoms with Crippen molar-refractivity contribution in [1.82, 2.24) is 10.2 Å². The smallest absolute Gasteiger partial charge is 0.223 e. The lowest BCUT2D eigenvalue weighted by atomic mass is 9.67. The molecule has 1 unspecified atom stereocenters. The molecule has 4 atom stereocenters. The Labute approximate surface area is 121 Å². The molecule has 0 aromatic heterocycles. The van der Waals surface area contributed by atoms with E-state index in [0.717, 1.165) is 51.6 Å². The third-order valence-electron chi connectivity index (χ3n) is 5.39. The Bertz CT molecular complexity index is 380. The van der Waals surface area contributed by atoms with Gasteiger partial charge in [0.2, 0.25) is 5.91 Å². The maximum atomic E-state index is 12.5. The number of ketones is 1. The third kappa shape index (κ3) is 2.90. The Morgan fingerprint density at radius 3 is 2.50 bits per heavy atom. The second-order valence-electron chi connectivity index (χ2n) is 7.01. The molecule has 2 aliphatic carbocycles. The van der Waals surface area contributed by atoms with Gasteiger partial charge in [-0.3, -0.25) is 9.59 Å². The molecule has 4 heteroatoms. The molecule has 1 saturated heterocycles. The van der Waals surface area contributed by atoms with E-state index >= 15 is 0 Å². The van der Waals surface area contributed by atoms with E-state index in [1.54, 1.807) is 0 Å². The van der Waals surface area contributed by atoms with E-state index in [9.17, 15) is 9.59 Å². The first-order valence-electron chi connectivity index (χ1n) is 8.16. The minimum Gasteiger partial charge on any atom is -0.352 e. The number of amides is 1. The summed E-state index contributed by atoms with van der Waals surface area (Å²) in [4.78, 5) is 26.8. The lowest BCUT2D eigenvalue weighted by Crippen LogP contribution is -2.50. The number of hydrogen-bond acceptors (Lipinski definition) is 3. The van der Waals surface area contributed by atoms with Gasteiger partial charge in [0.25, 0.3) is 0 Å². The van der Waals surface area contributed by atoms with Gasteiger partial charge in [-0.2, -0.15) is 0 Å². The standard InChI is InChI=1S/C16H26N2O2/c1-18-7-3-6-14(10-18)17-16(20)13-8-11-4-2-5-12(9-13)15(11)19/h11-14H,2-10H2,1H3,(H,17,20)/t11-,12+,13?,14-/m0/s1. The number of piperidine rings is 1. The van der Waals surface area contributed by atoms with Crippen molar-refractivity contribution in [2.45, 2.75) is 51.0 Å². The number of rotatable bonds is 2. The summed E-state index contributed by atoms with van der Waals surface area (Å²) in [6.07, 6.45) is 7.03. The molecule has 4 nitrogen and oxygen atoms in total. The molecule has 0 spiro atoms. The van der Waals surface area contributed by atoms with Gasteiger partial charge in [-0.1, -0.05) is 6.42 Å². The highest BCUT2D eigenvalue weighted by Gasteiger charge is 2.41. The van der Waals surface area contributed by atoms with Crippen LogP contribution in [0, 0.1) is 17.8 Å². The van der Waals surface area contributed by atoms with E-state index in [1.807, 2.05) is 0 Å². The van der Waals surface area contributed by atoms with Crippen LogP contribution in [0.3, 0.4) is 0 Å². The van der Waals surface area contributed by atoms with Gasteiger partial charge < -0.3 is 10.2 Å². The van der Waals surface area contributed by atoms with Crippen molar-refractivity contribution in [2.75, 3.05) is 20.1 Å². The van der Waals surface area contributed by atoms with Crippen molar-refractivity contribution in [3.8, 4) is 0 Å². The van der Waals surface area contributed by atoms with E-state index in [2.05, 4.69) is 17.3 Å². The largest absolute Gasteiger partial charge is 0.352 e. The summed E-state index contributed by atoms with van der Waals surface area (Å²) in [6.45, 7) is 2.10. The predicted octanol–water partition coefficient (Wildman–Crippen LogP) is 1.59. The van der Waals surface area contributed by atoms with Crippen LogP contribution >= 0.6 is 0 Å². The van der Waals surface area contributed by atoms with Gasteiger partial charge in [0, 0.05) is 30.3 Å². The Morgan fingerprint density at radius 2 is 1.85 bits per heavy atom. The summed E-state index contributed by atoms with van der Waals surface area (Å²) in [7, 11) is 2.11. The van der Waals surface area contributed by atoms with Crippen LogP contribution in [0.5, 0.6) is 0 Å². The zero-order valence-corrected chi connectivity index (χ0v) is 12.4. The van der Waals surface area contributed by atoms with Crippen LogP contribution in [0.4, 0.5) is 0 Å². The average molecular weight is 278 g/mol. The first kappa shape index (κ1) is 14.1. The van der Waals surface area contributed by atoms with E-state index in [4.69, 9.17) is 0 Å². The molecule has 2 saturated carbocycles. The molecular weight excluding hydrogens is 252 g/mol. The van der Waals surface area contributed by atoms with Crippen molar-refractivity contribution in [3.63, 3.8) is 0 Å². The first-order valence-corrected chi connectivity index (χ1v) is 8.16. The monoisotopic (exact) mass is 278 g/mol. The summed E-state index contributed by atoms with van der Waals surface area (Å²) in [6, 6.07) is 0.304. The second kappa shape index (κ2) is 5.84. The van der Waals surface area contributed by atoms with Crippen LogP contribution in [0.2, 0.25) is 0 Å². The van der Waals surface area contributed by atoms with Gasteiger partial charge in [-0.05, 0) is 52.1 Å². The van der Waals surface area contributed by atoms with Gasteiger partial charge in [-0.25, -0.2) is 0 Å². The molecule has 3 aliphatic rings. The molecule has 0 radical (unpaired) electrons. The van der Waals surface area contributed by atoms with Gasteiger partial charge in [0.05, 0.1) is 0 Å². The minimum atomic E-state index is 0.0789. The summed E-state index contributed by atoms with van der Waals surface area (Å²) in [5.41, 5.74) is 0. The van der Waals surface area contributed by atoms with E-state index in [0.29, 0.717) is 11.8 Å². The Morgan fingerprint density at radius 1 is 1.15 bits per heavy atom. The van der Waals surface area contributed by atoms with Gasteiger partial charge in [0.15, 0.2) is 0 Å². The SMILES string of the molecule is CN1CCC[C@H](NC(=O)C2C[C@H]3CCC[C@@H](C2)C3=O)C1. The molecule has 2 bridgehead atoms. The number of nitrogens with zero attached hydrogens (tertiary/aromatic N) is 1. The zero-order valence-electron chi connectivity index (χ0n) is 12.4. The lowest BCUT2D eigenvalue weighted by Gasteiger charge is -2.38. The summed E-state index contributed by atoms with van der Waals surface area (Å²) >= 11 is 0. The van der Waals surface area contributed by atoms with Crippen molar-refractivity contribution in [1.29, 1.82) is 0 Å². The summed E-state index contributed by atoms with van der Waals surface area (Å²) in [5.74, 6) is 1.07. The fraction of sp³-hybridized carbons (Fsp3) is 0.875. The van der Waals surface area contributed by atoms with Crippen molar-refractivity contribution in [2.24, 2.45) is 17.8 Å². The quantitative estimate of drug-likeness (QED) is 0.834. The normalized spacial score (nSPS) is 38.5. The van der Waals surface area contributed by atoms with Crippen LogP contribution in [0.1, 0.15) is 44.9 Å². The Balaban J connectivity index is 1.56. The maximum Gasteiger partial charge on any atom is 0.223 e. The topological polar surface area (TPSA) is 49.4 Å². The number of likely N-dealkylation sites (N-methyl/N-ethyl adjacent to an activating group) is 1. The Hall–Kier alpha value is -0.900. The van der Waals surface area contributed by atoms with Crippen molar-refractivity contribution >= 4 is 11.7 Å². The Kier molecular flexibility index (Phi) is 4.11. The van der Waals surface area contributed by atoms with Crippen LogP contribution in [0.25, 0.3) is 0 Å². The molecule has 112 valence electrons. The number of carbonyl (C=O) groups is 2. The number of nitrogens with one attached hydrogen (secondary N) is 1. The van der Waals surface area contributed by atoms with Crippen LogP contribution in [-0.4, -0.2) is 42.8 Å². The molecule has 0 aromatic carbocycles. The van der Waals surface area contributed by atoms with E-state index in [1.165, 1.54) is 6.42 Å². The van der Waals surface area contributed by atoms with Gasteiger partial charge in [-0.15, -0.1) is 0 Å². The second-order valence-corrected chi connectivity index (χ2v) is 7.01. The number of carbonyl (C=O) groups excluding carboxylic acids is 2. The minimum absolute atomic E-state index is 0.0789. The molecule has 1 heterocycles. The molecule has 3 fully saturated rings. The van der Waals surface area contributed by atoms with Crippen molar-refractivity contribution in [3.05, 3.63) is 0 Å². The molecular formula is C16H26N2O2. The first-order chi connectivity index (χ1) is 9.63.